The smallest absolute Gasteiger partial charge is 0.418 e. The van der Waals surface area contributed by atoms with Gasteiger partial charge in [0.05, 0.1) is 18.4 Å². The van der Waals surface area contributed by atoms with Gasteiger partial charge in [-0.05, 0) is 31.2 Å². The number of halogens is 4. The van der Waals surface area contributed by atoms with Crippen LogP contribution in [0.25, 0.3) is 16.9 Å². The van der Waals surface area contributed by atoms with Crippen LogP contribution in [0.2, 0.25) is 0 Å². The zero-order valence-electron chi connectivity index (χ0n) is 15.0. The minimum absolute atomic E-state index is 0. The van der Waals surface area contributed by atoms with Crippen molar-refractivity contribution < 1.29 is 22.7 Å². The van der Waals surface area contributed by atoms with Crippen molar-refractivity contribution in [1.82, 2.24) is 14.4 Å². The number of methoxy groups -OCH3 is 1. The van der Waals surface area contributed by atoms with E-state index in [4.69, 9.17) is 5.73 Å². The minimum Gasteiger partial charge on any atom is -0.468 e. The number of fused-ring (bicyclic) bond motifs is 1. The lowest BCUT2D eigenvalue weighted by Gasteiger charge is -2.16. The monoisotopic (exact) mass is 414 g/mol. The molecule has 0 saturated carbocycles. The molecule has 0 fully saturated rings. The highest BCUT2D eigenvalue weighted by atomic mass is 35.5. The number of nitrogens with zero attached hydrogens (tertiary/aromatic N) is 3. The van der Waals surface area contributed by atoms with E-state index in [9.17, 15) is 18.0 Å². The van der Waals surface area contributed by atoms with Gasteiger partial charge in [0, 0.05) is 35.8 Å². The van der Waals surface area contributed by atoms with Gasteiger partial charge in [0.1, 0.15) is 11.7 Å². The van der Waals surface area contributed by atoms with E-state index in [2.05, 4.69) is 14.7 Å². The number of esters is 1. The van der Waals surface area contributed by atoms with Crippen LogP contribution >= 0.6 is 12.4 Å². The van der Waals surface area contributed by atoms with E-state index >= 15 is 0 Å². The fourth-order valence-corrected chi connectivity index (χ4v) is 2.87. The molecular formula is C18H18ClF3N4O2. The Bertz CT molecular complexity index is 1000. The summed E-state index contributed by atoms with van der Waals surface area (Å²) in [5.41, 5.74) is 6.39. The number of hydrogen-bond acceptors (Lipinski definition) is 5. The van der Waals surface area contributed by atoms with Crippen LogP contribution in [0.15, 0.2) is 36.7 Å². The maximum atomic E-state index is 13.4. The van der Waals surface area contributed by atoms with Crippen molar-refractivity contribution in [3.8, 4) is 11.3 Å². The summed E-state index contributed by atoms with van der Waals surface area (Å²) >= 11 is 0. The van der Waals surface area contributed by atoms with E-state index in [1.165, 1.54) is 25.4 Å². The number of carbonyl (C=O) groups is 1. The van der Waals surface area contributed by atoms with Gasteiger partial charge < -0.3 is 14.9 Å². The first-order valence-electron chi connectivity index (χ1n) is 8.06. The topological polar surface area (TPSA) is 82.5 Å². The van der Waals surface area contributed by atoms with Gasteiger partial charge in [-0.3, -0.25) is 9.78 Å². The van der Waals surface area contributed by atoms with Crippen LogP contribution in [-0.4, -0.2) is 33.5 Å². The number of nitrogens with two attached hydrogens (primary N) is 1. The number of hydrogen-bond donors (Lipinski definition) is 1. The molecule has 1 atom stereocenters. The molecule has 150 valence electrons. The molecule has 0 spiro atoms. The highest BCUT2D eigenvalue weighted by molar-refractivity contribution is 5.85. The van der Waals surface area contributed by atoms with Gasteiger partial charge in [-0.2, -0.15) is 13.2 Å². The van der Waals surface area contributed by atoms with Crippen molar-refractivity contribution in [2.24, 2.45) is 5.73 Å². The summed E-state index contributed by atoms with van der Waals surface area (Å²) in [6.07, 6.45) is -1.34. The first-order valence-corrected chi connectivity index (χ1v) is 8.06. The molecule has 0 amide bonds. The third-order valence-electron chi connectivity index (χ3n) is 4.16. The second-order valence-electron chi connectivity index (χ2n) is 6.04. The molecule has 28 heavy (non-hydrogen) atoms. The maximum Gasteiger partial charge on any atom is 0.418 e. The van der Waals surface area contributed by atoms with Crippen molar-refractivity contribution in [3.63, 3.8) is 0 Å². The quantitative estimate of drug-likeness (QED) is 0.663. The van der Waals surface area contributed by atoms with Crippen LogP contribution in [0.4, 0.5) is 13.2 Å². The Hall–Kier alpha value is -2.65. The second-order valence-corrected chi connectivity index (χ2v) is 6.04. The first-order chi connectivity index (χ1) is 12.7. The number of ether oxygens (including phenoxy) is 1. The Kier molecular flexibility index (Phi) is 6.30. The summed E-state index contributed by atoms with van der Waals surface area (Å²) in [5, 5.41) is 0. The van der Waals surface area contributed by atoms with Crippen molar-refractivity contribution in [2.75, 3.05) is 7.11 Å². The van der Waals surface area contributed by atoms with Gasteiger partial charge in [-0.25, -0.2) is 4.98 Å². The highest BCUT2D eigenvalue weighted by Gasteiger charge is 2.35. The molecule has 0 aliphatic carbocycles. The average Bonchev–Trinajstić information content (AvgIpc) is 3.10. The molecule has 10 heteroatoms. The molecule has 2 N–H and O–H groups in total. The van der Waals surface area contributed by atoms with Gasteiger partial charge in [-0.15, -0.1) is 12.4 Å². The molecule has 0 unspecified atom stereocenters. The fourth-order valence-electron chi connectivity index (χ4n) is 2.87. The van der Waals surface area contributed by atoms with Gasteiger partial charge >= 0.3 is 12.1 Å². The molecule has 3 aromatic heterocycles. The largest absolute Gasteiger partial charge is 0.468 e. The number of alkyl halides is 3. The number of aryl methyl sites for hydroxylation is 1. The summed E-state index contributed by atoms with van der Waals surface area (Å²) < 4.78 is 46.5. The summed E-state index contributed by atoms with van der Waals surface area (Å²) in [5.74, 6) is -0.577. The van der Waals surface area contributed by atoms with Crippen molar-refractivity contribution >= 4 is 24.0 Å². The summed E-state index contributed by atoms with van der Waals surface area (Å²) in [6, 6.07) is 4.56. The van der Waals surface area contributed by atoms with Crippen molar-refractivity contribution in [1.29, 1.82) is 0 Å². The molecular weight excluding hydrogens is 397 g/mol. The van der Waals surface area contributed by atoms with Crippen LogP contribution in [0.3, 0.4) is 0 Å². The van der Waals surface area contributed by atoms with Crippen molar-refractivity contribution in [3.05, 3.63) is 53.6 Å². The van der Waals surface area contributed by atoms with Crippen LogP contribution in [0.1, 0.15) is 17.0 Å². The normalized spacial score (nSPS) is 12.5. The molecule has 0 aromatic carbocycles. The number of imidazole rings is 1. The summed E-state index contributed by atoms with van der Waals surface area (Å²) in [7, 11) is 1.24. The lowest BCUT2D eigenvalue weighted by atomic mass is 10.0. The van der Waals surface area contributed by atoms with E-state index in [1.807, 2.05) is 0 Å². The number of aromatic nitrogens is 3. The Balaban J connectivity index is 0.00000280. The molecule has 0 radical (unpaired) electrons. The first kappa shape index (κ1) is 21.6. The van der Waals surface area contributed by atoms with E-state index < -0.39 is 23.8 Å². The second kappa shape index (κ2) is 8.15. The predicted molar refractivity (Wildman–Crippen MR) is 99.1 cm³/mol. The summed E-state index contributed by atoms with van der Waals surface area (Å²) in [6.45, 7) is 1.62. The lowest BCUT2D eigenvalue weighted by molar-refractivity contribution is -0.142. The molecule has 0 bridgehead atoms. The molecule has 3 heterocycles. The van der Waals surface area contributed by atoms with E-state index in [1.54, 1.807) is 23.6 Å². The van der Waals surface area contributed by atoms with E-state index in [0.29, 0.717) is 17.0 Å². The maximum absolute atomic E-state index is 13.4. The van der Waals surface area contributed by atoms with Crippen LogP contribution in [-0.2, 0) is 22.1 Å². The standard InChI is InChI=1S/C18H17F3N4O2.ClH/c1-10-3-6-13(18(19,20)21)15(24-10)12-5-4-11(9-14(22)17(26)27-2)25-8-7-23-16(12)25;/h3-8,14H,9,22H2,1-2H3;1H/t14-;/m0./s1. The number of pyridine rings is 2. The molecule has 0 aliphatic rings. The van der Waals surface area contributed by atoms with E-state index in [0.717, 1.165) is 6.07 Å². The van der Waals surface area contributed by atoms with Crippen LogP contribution < -0.4 is 5.73 Å². The van der Waals surface area contributed by atoms with Gasteiger partial charge in [-0.1, -0.05) is 0 Å². The van der Waals surface area contributed by atoms with E-state index in [-0.39, 0.29) is 30.1 Å². The summed E-state index contributed by atoms with van der Waals surface area (Å²) in [4.78, 5) is 19.8. The van der Waals surface area contributed by atoms with Crippen LogP contribution in [0, 0.1) is 6.92 Å². The SMILES string of the molecule is COC(=O)[C@@H](N)Cc1ccc(-c2nc(C)ccc2C(F)(F)F)c2nccn12.Cl. The van der Waals surface area contributed by atoms with Gasteiger partial charge in [0.15, 0.2) is 0 Å². The third kappa shape index (κ3) is 4.10. The molecule has 6 nitrogen and oxygen atoms in total. The predicted octanol–water partition coefficient (Wildman–Crippen LogP) is 3.19. The average molecular weight is 415 g/mol. The minimum atomic E-state index is -4.55. The van der Waals surface area contributed by atoms with Gasteiger partial charge in [0.2, 0.25) is 0 Å². The molecule has 0 saturated heterocycles. The molecule has 3 aromatic rings. The zero-order chi connectivity index (χ0) is 19.8. The van der Waals surface area contributed by atoms with Gasteiger partial charge in [0.25, 0.3) is 0 Å². The number of carbonyl (C=O) groups excluding carboxylic acids is 1. The lowest BCUT2D eigenvalue weighted by Crippen LogP contribution is -2.34. The Morgan fingerprint density at radius 2 is 2.00 bits per heavy atom. The zero-order valence-corrected chi connectivity index (χ0v) is 15.8. The molecule has 3 rings (SSSR count). The molecule has 0 aliphatic heterocycles. The van der Waals surface area contributed by atoms with Crippen LogP contribution in [0.5, 0.6) is 0 Å². The number of rotatable bonds is 4. The Morgan fingerprint density at radius 3 is 2.64 bits per heavy atom. The Labute approximate surface area is 165 Å². The Morgan fingerprint density at radius 1 is 1.29 bits per heavy atom. The third-order valence-corrected chi connectivity index (χ3v) is 4.16. The fraction of sp³-hybridized carbons (Fsp3) is 0.278. The highest BCUT2D eigenvalue weighted by Crippen LogP contribution is 2.37. The van der Waals surface area contributed by atoms with Crippen molar-refractivity contribution in [2.45, 2.75) is 25.6 Å².